The molecule has 2 saturated carbocycles. The van der Waals surface area contributed by atoms with E-state index in [4.69, 9.17) is 17.0 Å². The number of thiophene rings is 1. The number of carbonyl (C=O) groups is 2. The van der Waals surface area contributed by atoms with Crippen molar-refractivity contribution >= 4 is 45.4 Å². The topological polar surface area (TPSA) is 73.9 Å². The number of hydrogen-bond donors (Lipinski definition) is 2. The molecule has 3 aliphatic carbocycles. The van der Waals surface area contributed by atoms with E-state index in [1.807, 2.05) is 0 Å². The maximum absolute atomic E-state index is 13.6. The van der Waals surface area contributed by atoms with E-state index in [0.717, 1.165) is 100 Å². The highest BCUT2D eigenvalue weighted by molar-refractivity contribution is 7.80. The Bertz CT molecular complexity index is 1330. The first kappa shape index (κ1) is 27.5. The molecule has 2 aromatic rings. The average molecular weight is 593 g/mol. The number of benzene rings is 1. The molecule has 0 spiro atoms. The lowest BCUT2D eigenvalue weighted by Gasteiger charge is -2.42. The Morgan fingerprint density at radius 2 is 1.85 bits per heavy atom. The van der Waals surface area contributed by atoms with Gasteiger partial charge in [-0.15, -0.1) is 11.3 Å². The summed E-state index contributed by atoms with van der Waals surface area (Å²) < 4.78 is 5.55. The molecule has 1 unspecified atom stereocenters. The van der Waals surface area contributed by atoms with E-state index in [0.29, 0.717) is 17.4 Å². The summed E-state index contributed by atoms with van der Waals surface area (Å²) in [6.45, 7) is 7.07. The maximum Gasteiger partial charge on any atom is 0.254 e. The number of nitrogens with one attached hydrogen (secondary N) is 2. The van der Waals surface area contributed by atoms with Gasteiger partial charge < -0.3 is 20.3 Å². The van der Waals surface area contributed by atoms with E-state index >= 15 is 0 Å². The zero-order chi connectivity index (χ0) is 27.9. The zero-order valence-electron chi connectivity index (χ0n) is 23.7. The van der Waals surface area contributed by atoms with Crippen LogP contribution in [0, 0.1) is 17.8 Å². The van der Waals surface area contributed by atoms with Crippen LogP contribution in [-0.4, -0.2) is 72.5 Å². The first-order valence-corrected chi connectivity index (χ1v) is 16.7. The van der Waals surface area contributed by atoms with Crippen molar-refractivity contribution in [2.75, 3.05) is 51.3 Å². The predicted molar refractivity (Wildman–Crippen MR) is 166 cm³/mol. The molecule has 1 saturated heterocycles. The lowest BCUT2D eigenvalue weighted by Crippen LogP contribution is -2.46. The second-order valence-electron chi connectivity index (χ2n) is 12.5. The maximum atomic E-state index is 13.6. The van der Waals surface area contributed by atoms with Crippen LogP contribution in [0.3, 0.4) is 0 Å². The molecule has 2 atom stereocenters. The van der Waals surface area contributed by atoms with Crippen molar-refractivity contribution in [2.45, 2.75) is 57.4 Å². The number of hydrogen-bond acceptors (Lipinski definition) is 6. The molecule has 7 nitrogen and oxygen atoms in total. The minimum absolute atomic E-state index is 0.0279. The van der Waals surface area contributed by atoms with Gasteiger partial charge in [-0.3, -0.25) is 14.5 Å². The van der Waals surface area contributed by atoms with Gasteiger partial charge in [0.1, 0.15) is 5.00 Å². The first-order chi connectivity index (χ1) is 20.0. The summed E-state index contributed by atoms with van der Waals surface area (Å²) in [7, 11) is 0. The zero-order valence-corrected chi connectivity index (χ0v) is 25.3. The number of carbonyl (C=O) groups excluding carboxylic acids is 2. The van der Waals surface area contributed by atoms with Crippen LogP contribution in [0.25, 0.3) is 0 Å². The van der Waals surface area contributed by atoms with E-state index in [1.165, 1.54) is 28.8 Å². The molecule has 5 aliphatic rings. The van der Waals surface area contributed by atoms with Crippen LogP contribution in [0.4, 0.5) is 5.00 Å². The van der Waals surface area contributed by atoms with Gasteiger partial charge >= 0.3 is 0 Å². The number of nitrogens with zero attached hydrogens (tertiary/aromatic N) is 2. The van der Waals surface area contributed by atoms with Crippen LogP contribution in [0.15, 0.2) is 24.3 Å². The molecule has 2 amide bonds. The van der Waals surface area contributed by atoms with E-state index in [2.05, 4.69) is 44.7 Å². The summed E-state index contributed by atoms with van der Waals surface area (Å²) in [5.41, 5.74) is 4.56. The Hall–Kier alpha value is -2.33. The number of ether oxygens (including phenoxy) is 1. The summed E-state index contributed by atoms with van der Waals surface area (Å²) in [4.78, 5) is 33.6. The Labute approximate surface area is 252 Å². The number of rotatable bonds is 9. The molecule has 1 aromatic heterocycles. The molecule has 3 fully saturated rings. The number of aryl methyl sites for hydroxylation is 1. The molecule has 9 heteroatoms. The summed E-state index contributed by atoms with van der Waals surface area (Å²) in [6.07, 6.45) is 7.04. The lowest BCUT2D eigenvalue weighted by molar-refractivity contribution is -0.117. The quantitative estimate of drug-likeness (QED) is 0.415. The van der Waals surface area contributed by atoms with Crippen LogP contribution >= 0.6 is 23.6 Å². The SMILES string of the molecule is O=C(NCC1CC1)c1c(NC(=O)C2CC2)sc2c1C[C@H](C1C(=S)N(CCN3CCOCC3)Cc3ccccc31)CC2. The molecule has 41 heavy (non-hydrogen) atoms. The van der Waals surface area contributed by atoms with Crippen molar-refractivity contribution in [3.8, 4) is 0 Å². The summed E-state index contributed by atoms with van der Waals surface area (Å²) in [5, 5.41) is 7.11. The van der Waals surface area contributed by atoms with Gasteiger partial charge in [-0.2, -0.15) is 0 Å². The molecule has 2 N–H and O–H groups in total. The number of fused-ring (bicyclic) bond motifs is 2. The van der Waals surface area contributed by atoms with Gasteiger partial charge in [0.2, 0.25) is 5.91 Å². The van der Waals surface area contributed by atoms with Crippen LogP contribution in [0.5, 0.6) is 0 Å². The monoisotopic (exact) mass is 592 g/mol. The Kier molecular flexibility index (Phi) is 7.88. The fourth-order valence-corrected chi connectivity index (χ4v) is 8.48. The van der Waals surface area contributed by atoms with E-state index in [9.17, 15) is 9.59 Å². The highest BCUT2D eigenvalue weighted by Crippen LogP contribution is 2.46. The number of thiocarbonyl (C=S) groups is 1. The highest BCUT2D eigenvalue weighted by atomic mass is 32.1. The first-order valence-electron chi connectivity index (χ1n) is 15.5. The molecule has 3 heterocycles. The van der Waals surface area contributed by atoms with Crippen molar-refractivity contribution in [1.82, 2.24) is 15.1 Å². The Balaban J connectivity index is 1.15. The average Bonchev–Trinajstić information content (AvgIpc) is 3.92. The molecular weight excluding hydrogens is 553 g/mol. The molecule has 218 valence electrons. The predicted octanol–water partition coefficient (Wildman–Crippen LogP) is 4.60. The van der Waals surface area contributed by atoms with Crippen LogP contribution in [0.2, 0.25) is 0 Å². The highest BCUT2D eigenvalue weighted by Gasteiger charge is 2.40. The van der Waals surface area contributed by atoms with E-state index < -0.39 is 0 Å². The molecule has 2 aliphatic heterocycles. The minimum Gasteiger partial charge on any atom is -0.379 e. The molecule has 0 bridgehead atoms. The van der Waals surface area contributed by atoms with Gasteiger partial charge in [-0.25, -0.2) is 0 Å². The second-order valence-corrected chi connectivity index (χ2v) is 14.0. The fraction of sp³-hybridized carbons (Fsp3) is 0.594. The van der Waals surface area contributed by atoms with Gasteiger partial charge in [-0.1, -0.05) is 36.5 Å². The van der Waals surface area contributed by atoms with Gasteiger partial charge in [0, 0.05) is 56.0 Å². The Morgan fingerprint density at radius 1 is 1.05 bits per heavy atom. The van der Waals surface area contributed by atoms with Crippen LogP contribution in [-0.2, 0) is 28.9 Å². The van der Waals surface area contributed by atoms with Crippen molar-refractivity contribution in [3.05, 3.63) is 51.4 Å². The lowest BCUT2D eigenvalue weighted by atomic mass is 9.73. The number of amides is 2. The fourth-order valence-electron chi connectivity index (χ4n) is 6.76. The molecule has 7 rings (SSSR count). The third kappa shape index (κ3) is 5.96. The van der Waals surface area contributed by atoms with Gasteiger partial charge in [0.15, 0.2) is 0 Å². The third-order valence-electron chi connectivity index (χ3n) is 9.55. The largest absolute Gasteiger partial charge is 0.379 e. The van der Waals surface area contributed by atoms with Crippen molar-refractivity contribution in [1.29, 1.82) is 0 Å². The van der Waals surface area contributed by atoms with Gasteiger partial charge in [0.05, 0.1) is 23.8 Å². The van der Waals surface area contributed by atoms with Gasteiger partial charge in [-0.05, 0) is 73.5 Å². The molecule has 0 radical (unpaired) electrons. The summed E-state index contributed by atoms with van der Waals surface area (Å²) >= 11 is 7.90. The molecule has 1 aromatic carbocycles. The normalized spacial score (nSPS) is 24.5. The van der Waals surface area contributed by atoms with Crippen molar-refractivity contribution < 1.29 is 14.3 Å². The van der Waals surface area contributed by atoms with Crippen molar-refractivity contribution in [3.63, 3.8) is 0 Å². The standard InChI is InChI=1S/C32H40N4O3S2/c37-29(21-7-8-21)34-31-28(30(38)33-18-20-5-6-20)25-17-22(9-10-26(25)41-31)27-24-4-2-1-3-23(24)19-36(32(27)40)12-11-35-13-15-39-16-14-35/h1-4,20-22,27H,5-19H2,(H,33,38)(H,34,37)/t22-,27?/m1/s1. The third-order valence-corrected chi connectivity index (χ3v) is 11.3. The van der Waals surface area contributed by atoms with Crippen molar-refractivity contribution in [2.24, 2.45) is 17.8 Å². The number of morpholine rings is 1. The van der Waals surface area contributed by atoms with Crippen LogP contribution in [0.1, 0.15) is 69.9 Å². The molecular formula is C32H40N4O3S2. The Morgan fingerprint density at radius 3 is 2.63 bits per heavy atom. The number of anilines is 1. The summed E-state index contributed by atoms with van der Waals surface area (Å²) in [6, 6.07) is 8.80. The smallest absolute Gasteiger partial charge is 0.254 e. The van der Waals surface area contributed by atoms with Crippen LogP contribution < -0.4 is 10.6 Å². The summed E-state index contributed by atoms with van der Waals surface area (Å²) in [5.74, 6) is 1.21. The van der Waals surface area contributed by atoms with E-state index in [1.54, 1.807) is 11.3 Å². The van der Waals surface area contributed by atoms with E-state index in [-0.39, 0.29) is 23.7 Å². The minimum atomic E-state index is -0.0279. The second kappa shape index (κ2) is 11.7. The van der Waals surface area contributed by atoms with Gasteiger partial charge in [0.25, 0.3) is 5.91 Å².